The van der Waals surface area contributed by atoms with E-state index in [-0.39, 0.29) is 11.3 Å². The number of nitrogens with zero attached hydrogens (tertiary/aromatic N) is 2. The second-order valence-corrected chi connectivity index (χ2v) is 8.02. The fraction of sp³-hybridized carbons (Fsp3) is 0.222. The Hall–Kier alpha value is -2.65. The van der Waals surface area contributed by atoms with Crippen LogP contribution in [0.1, 0.15) is 20.8 Å². The van der Waals surface area contributed by atoms with E-state index in [0.29, 0.717) is 20.9 Å². The van der Waals surface area contributed by atoms with Crippen molar-refractivity contribution in [2.45, 2.75) is 19.0 Å². The number of rotatable bonds is 4. The van der Waals surface area contributed by atoms with E-state index in [9.17, 15) is 14.4 Å². The summed E-state index contributed by atoms with van der Waals surface area (Å²) < 4.78 is 1.45. The van der Waals surface area contributed by atoms with E-state index in [1.807, 2.05) is 13.8 Å². The number of aryl methyl sites for hydroxylation is 2. The number of hydrogen-bond donors (Lipinski definition) is 2. The molecule has 0 spiro atoms. The zero-order valence-corrected chi connectivity index (χ0v) is 16.7. The molecule has 0 saturated heterocycles. The zero-order valence-electron chi connectivity index (χ0n) is 15.0. The van der Waals surface area contributed by atoms with Crippen molar-refractivity contribution < 1.29 is 9.59 Å². The van der Waals surface area contributed by atoms with E-state index in [1.54, 1.807) is 37.4 Å². The summed E-state index contributed by atoms with van der Waals surface area (Å²) in [6.45, 7) is 3.86. The Morgan fingerprint density at radius 1 is 1.19 bits per heavy atom. The van der Waals surface area contributed by atoms with Gasteiger partial charge in [0, 0.05) is 17.5 Å². The van der Waals surface area contributed by atoms with E-state index in [2.05, 4.69) is 15.8 Å². The number of benzene rings is 1. The Bertz CT molecular complexity index is 1070. The molecule has 2 amide bonds. The number of thiophene rings is 1. The summed E-state index contributed by atoms with van der Waals surface area (Å²) in [6, 6.07) is 8.58. The van der Waals surface area contributed by atoms with Gasteiger partial charge in [-0.05, 0) is 31.5 Å². The van der Waals surface area contributed by atoms with Crippen molar-refractivity contribution in [1.82, 2.24) is 20.4 Å². The lowest BCUT2D eigenvalue weighted by molar-refractivity contribution is -0.119. The third-order valence-electron chi connectivity index (χ3n) is 4.05. The lowest BCUT2D eigenvalue weighted by Crippen LogP contribution is -2.42. The molecule has 0 saturated carbocycles. The molecule has 0 radical (unpaired) electrons. The predicted molar refractivity (Wildman–Crippen MR) is 107 cm³/mol. The maximum atomic E-state index is 12.6. The number of thioether (sulfide) groups is 1. The van der Waals surface area contributed by atoms with Gasteiger partial charge in [-0.2, -0.15) is 0 Å². The highest BCUT2D eigenvalue weighted by molar-refractivity contribution is 7.99. The molecule has 2 aromatic heterocycles. The van der Waals surface area contributed by atoms with Crippen LogP contribution in [-0.2, 0) is 11.8 Å². The number of carbonyl (C=O) groups is 2. The molecule has 3 rings (SSSR count). The van der Waals surface area contributed by atoms with Gasteiger partial charge in [-0.1, -0.05) is 30.0 Å². The molecule has 0 aliphatic carbocycles. The van der Waals surface area contributed by atoms with Gasteiger partial charge in [0.15, 0.2) is 5.16 Å². The van der Waals surface area contributed by atoms with Gasteiger partial charge in [-0.25, -0.2) is 4.98 Å². The lowest BCUT2D eigenvalue weighted by atomic mass is 10.2. The number of hydrogen-bond acceptors (Lipinski definition) is 6. The third kappa shape index (κ3) is 4.04. The summed E-state index contributed by atoms with van der Waals surface area (Å²) in [6.07, 6.45) is 0. The standard InChI is InChI=1S/C18H18N4O3S2/c1-10-11(2)27-16-14(10)17(25)22(3)18(19-16)26-9-13(23)20-21-15(24)12-7-5-4-6-8-12/h4-8H,9H2,1-3H3,(H,20,23)(H,21,24). The van der Waals surface area contributed by atoms with Crippen LogP contribution in [0.4, 0.5) is 0 Å². The molecule has 2 N–H and O–H groups in total. The van der Waals surface area contributed by atoms with Crippen molar-refractivity contribution in [3.05, 3.63) is 56.7 Å². The van der Waals surface area contributed by atoms with Gasteiger partial charge in [-0.3, -0.25) is 29.8 Å². The Labute approximate surface area is 163 Å². The van der Waals surface area contributed by atoms with Crippen LogP contribution in [0, 0.1) is 13.8 Å². The van der Waals surface area contributed by atoms with Gasteiger partial charge in [0.2, 0.25) is 5.91 Å². The number of amides is 2. The second kappa shape index (κ2) is 7.93. The fourth-order valence-electron chi connectivity index (χ4n) is 2.44. The minimum atomic E-state index is -0.398. The molecule has 1 aromatic carbocycles. The molecule has 7 nitrogen and oxygen atoms in total. The molecule has 0 bridgehead atoms. The van der Waals surface area contributed by atoms with Gasteiger partial charge >= 0.3 is 0 Å². The van der Waals surface area contributed by atoms with Crippen molar-refractivity contribution in [1.29, 1.82) is 0 Å². The summed E-state index contributed by atoms with van der Waals surface area (Å²) in [4.78, 5) is 42.7. The van der Waals surface area contributed by atoms with Crippen LogP contribution in [0.2, 0.25) is 0 Å². The molecule has 0 aliphatic rings. The van der Waals surface area contributed by atoms with Crippen LogP contribution < -0.4 is 16.4 Å². The van der Waals surface area contributed by atoms with Crippen LogP contribution in [-0.4, -0.2) is 27.1 Å². The van der Waals surface area contributed by atoms with Crippen LogP contribution >= 0.6 is 23.1 Å². The molecule has 9 heteroatoms. The molecule has 0 atom stereocenters. The van der Waals surface area contributed by atoms with Crippen molar-refractivity contribution in [3.63, 3.8) is 0 Å². The molecule has 3 aromatic rings. The number of hydrazine groups is 1. The van der Waals surface area contributed by atoms with Gasteiger partial charge < -0.3 is 0 Å². The molecule has 0 fully saturated rings. The maximum absolute atomic E-state index is 12.6. The Morgan fingerprint density at radius 2 is 1.89 bits per heavy atom. The largest absolute Gasteiger partial charge is 0.290 e. The first-order chi connectivity index (χ1) is 12.9. The molecular weight excluding hydrogens is 384 g/mol. The Kier molecular flexibility index (Phi) is 5.62. The first-order valence-corrected chi connectivity index (χ1v) is 9.92. The minimum Gasteiger partial charge on any atom is -0.290 e. The number of fused-ring (bicyclic) bond motifs is 1. The van der Waals surface area contributed by atoms with Crippen LogP contribution in [0.25, 0.3) is 10.2 Å². The first kappa shape index (κ1) is 19.1. The highest BCUT2D eigenvalue weighted by Gasteiger charge is 2.16. The van der Waals surface area contributed by atoms with Gasteiger partial charge in [0.05, 0.1) is 11.1 Å². The molecule has 0 aliphatic heterocycles. The normalized spacial score (nSPS) is 10.8. The monoisotopic (exact) mass is 402 g/mol. The third-order valence-corrected chi connectivity index (χ3v) is 6.18. The Balaban J connectivity index is 1.64. The van der Waals surface area contributed by atoms with E-state index in [1.165, 1.54) is 15.9 Å². The van der Waals surface area contributed by atoms with Gasteiger partial charge in [-0.15, -0.1) is 11.3 Å². The van der Waals surface area contributed by atoms with E-state index >= 15 is 0 Å². The predicted octanol–water partition coefficient (Wildman–Crippen LogP) is 2.17. The Morgan fingerprint density at radius 3 is 2.59 bits per heavy atom. The van der Waals surface area contributed by atoms with Crippen molar-refractivity contribution in [2.24, 2.45) is 7.05 Å². The number of aromatic nitrogens is 2. The van der Waals surface area contributed by atoms with E-state index < -0.39 is 11.8 Å². The highest BCUT2D eigenvalue weighted by atomic mass is 32.2. The summed E-state index contributed by atoms with van der Waals surface area (Å²) in [5.41, 5.74) is 6.00. The van der Waals surface area contributed by atoms with Crippen molar-refractivity contribution >= 4 is 45.1 Å². The average Bonchev–Trinajstić information content (AvgIpc) is 2.96. The van der Waals surface area contributed by atoms with E-state index in [4.69, 9.17) is 0 Å². The molecule has 2 heterocycles. The maximum Gasteiger partial charge on any atom is 0.269 e. The first-order valence-electron chi connectivity index (χ1n) is 8.12. The second-order valence-electron chi connectivity index (χ2n) is 5.88. The molecule has 27 heavy (non-hydrogen) atoms. The SMILES string of the molecule is Cc1sc2nc(SCC(=O)NNC(=O)c3ccccc3)n(C)c(=O)c2c1C. The molecule has 0 unspecified atom stereocenters. The summed E-state index contributed by atoms with van der Waals surface area (Å²) in [5, 5.41) is 1.09. The number of nitrogens with one attached hydrogen (secondary N) is 2. The van der Waals surface area contributed by atoms with Crippen molar-refractivity contribution in [2.75, 3.05) is 5.75 Å². The summed E-state index contributed by atoms with van der Waals surface area (Å²) in [7, 11) is 1.64. The van der Waals surface area contributed by atoms with Crippen LogP contribution in [0.15, 0.2) is 40.3 Å². The van der Waals surface area contributed by atoms with Gasteiger partial charge in [0.25, 0.3) is 11.5 Å². The average molecular weight is 403 g/mol. The summed E-state index contributed by atoms with van der Waals surface area (Å²) >= 11 is 2.61. The molecule has 140 valence electrons. The highest BCUT2D eigenvalue weighted by Crippen LogP contribution is 2.27. The topological polar surface area (TPSA) is 93.1 Å². The quantitative estimate of drug-likeness (QED) is 0.396. The zero-order chi connectivity index (χ0) is 19.6. The molecular formula is C18H18N4O3S2. The minimum absolute atomic E-state index is 0.0181. The fourth-order valence-corrected chi connectivity index (χ4v) is 4.28. The van der Waals surface area contributed by atoms with Gasteiger partial charge in [0.1, 0.15) is 4.83 Å². The van der Waals surface area contributed by atoms with Crippen LogP contribution in [0.3, 0.4) is 0 Å². The van der Waals surface area contributed by atoms with Crippen LogP contribution in [0.5, 0.6) is 0 Å². The smallest absolute Gasteiger partial charge is 0.269 e. The van der Waals surface area contributed by atoms with Crippen molar-refractivity contribution in [3.8, 4) is 0 Å². The summed E-state index contributed by atoms with van der Waals surface area (Å²) in [5.74, 6) is -0.771. The lowest BCUT2D eigenvalue weighted by Gasteiger charge is -2.09. The van der Waals surface area contributed by atoms with E-state index in [0.717, 1.165) is 22.2 Å². The number of carbonyl (C=O) groups excluding carboxylic acids is 2.